The van der Waals surface area contributed by atoms with E-state index in [1.54, 1.807) is 0 Å². The number of likely N-dealkylation sites (tertiary alicyclic amines) is 1. The highest BCUT2D eigenvalue weighted by molar-refractivity contribution is 5.77. The zero-order valence-electron chi connectivity index (χ0n) is 12.1. The highest BCUT2D eigenvalue weighted by Gasteiger charge is 2.29. The quantitative estimate of drug-likeness (QED) is 0.804. The van der Waals surface area contributed by atoms with E-state index >= 15 is 0 Å². The van der Waals surface area contributed by atoms with Crippen LogP contribution in [-0.4, -0.2) is 49.2 Å². The number of nitrogens with one attached hydrogen (secondary N) is 1. The largest absolute Gasteiger partial charge is 0.453 e. The highest BCUT2D eigenvalue weighted by Crippen LogP contribution is 2.27. The number of alkyl carbamates (subject to hydrolysis) is 1. The predicted molar refractivity (Wildman–Crippen MR) is 75.1 cm³/mol. The van der Waals surface area contributed by atoms with E-state index in [9.17, 15) is 9.59 Å². The zero-order valence-corrected chi connectivity index (χ0v) is 12.1. The van der Waals surface area contributed by atoms with Crippen molar-refractivity contribution >= 4 is 12.0 Å². The summed E-state index contributed by atoms with van der Waals surface area (Å²) in [7, 11) is 1.35. The summed E-state index contributed by atoms with van der Waals surface area (Å²) in [6.07, 6.45) is 5.18. The van der Waals surface area contributed by atoms with Gasteiger partial charge in [0.05, 0.1) is 13.2 Å². The molecule has 0 aromatic carbocycles. The van der Waals surface area contributed by atoms with Gasteiger partial charge in [-0.3, -0.25) is 4.79 Å². The van der Waals surface area contributed by atoms with Gasteiger partial charge in [-0.05, 0) is 38.0 Å². The maximum atomic E-state index is 12.2. The molecule has 6 nitrogen and oxygen atoms in total. The van der Waals surface area contributed by atoms with E-state index in [1.807, 2.05) is 4.90 Å². The van der Waals surface area contributed by atoms with Crippen molar-refractivity contribution < 1.29 is 14.3 Å². The average Bonchev–Trinajstić information content (AvgIpc) is 2.89. The van der Waals surface area contributed by atoms with Crippen LogP contribution in [0.5, 0.6) is 0 Å². The van der Waals surface area contributed by atoms with Gasteiger partial charge >= 0.3 is 6.09 Å². The van der Waals surface area contributed by atoms with Crippen LogP contribution >= 0.6 is 0 Å². The normalized spacial score (nSPS) is 30.1. The molecule has 1 unspecified atom stereocenters. The first kappa shape index (κ1) is 15.1. The van der Waals surface area contributed by atoms with Gasteiger partial charge in [-0.15, -0.1) is 0 Å². The van der Waals surface area contributed by atoms with E-state index in [-0.39, 0.29) is 11.9 Å². The SMILES string of the molecule is COC(=O)NC1CCN(C(=O)CC2CCC(N)CC2)C1. The van der Waals surface area contributed by atoms with Gasteiger partial charge in [0, 0.05) is 25.6 Å². The number of methoxy groups -OCH3 is 1. The molecule has 0 aromatic rings. The summed E-state index contributed by atoms with van der Waals surface area (Å²) in [6.45, 7) is 1.32. The second-order valence-corrected chi connectivity index (χ2v) is 5.95. The first-order valence-electron chi connectivity index (χ1n) is 7.46. The van der Waals surface area contributed by atoms with E-state index in [4.69, 9.17) is 5.73 Å². The third-order valence-electron chi connectivity index (χ3n) is 4.40. The number of hydrogen-bond acceptors (Lipinski definition) is 4. The first-order chi connectivity index (χ1) is 9.58. The molecule has 1 heterocycles. The third kappa shape index (κ3) is 4.10. The molecule has 3 N–H and O–H groups in total. The monoisotopic (exact) mass is 283 g/mol. The van der Waals surface area contributed by atoms with Crippen LogP contribution in [0, 0.1) is 5.92 Å². The Morgan fingerprint density at radius 3 is 2.60 bits per heavy atom. The Hall–Kier alpha value is -1.30. The number of carbonyl (C=O) groups is 2. The average molecular weight is 283 g/mol. The lowest BCUT2D eigenvalue weighted by Gasteiger charge is -2.27. The van der Waals surface area contributed by atoms with Gasteiger partial charge in [-0.2, -0.15) is 0 Å². The predicted octanol–water partition coefficient (Wildman–Crippen LogP) is 0.851. The van der Waals surface area contributed by atoms with Gasteiger partial charge in [0.2, 0.25) is 5.91 Å². The fourth-order valence-electron chi connectivity index (χ4n) is 3.10. The standard InChI is InChI=1S/C14H25N3O3/c1-20-14(19)16-12-6-7-17(9-12)13(18)8-10-2-4-11(15)5-3-10/h10-12H,2-9,15H2,1H3,(H,16,19). The summed E-state index contributed by atoms with van der Waals surface area (Å²) in [4.78, 5) is 25.2. The molecule has 0 aromatic heterocycles. The maximum Gasteiger partial charge on any atom is 0.407 e. The van der Waals surface area contributed by atoms with Crippen molar-refractivity contribution in [1.82, 2.24) is 10.2 Å². The molecule has 1 saturated carbocycles. The van der Waals surface area contributed by atoms with Crippen LogP contribution in [-0.2, 0) is 9.53 Å². The highest BCUT2D eigenvalue weighted by atomic mass is 16.5. The van der Waals surface area contributed by atoms with Crippen LogP contribution in [0.3, 0.4) is 0 Å². The van der Waals surface area contributed by atoms with Crippen molar-refractivity contribution in [3.8, 4) is 0 Å². The molecule has 1 aliphatic carbocycles. The van der Waals surface area contributed by atoms with Crippen LogP contribution in [0.4, 0.5) is 4.79 Å². The molecule has 1 atom stereocenters. The molecule has 2 rings (SSSR count). The number of carbonyl (C=O) groups excluding carboxylic acids is 2. The van der Waals surface area contributed by atoms with E-state index in [0.29, 0.717) is 24.9 Å². The maximum absolute atomic E-state index is 12.2. The second-order valence-electron chi connectivity index (χ2n) is 5.95. The van der Waals surface area contributed by atoms with Gasteiger partial charge in [-0.25, -0.2) is 4.79 Å². The number of hydrogen-bond donors (Lipinski definition) is 2. The lowest BCUT2D eigenvalue weighted by molar-refractivity contribution is -0.131. The molecule has 2 fully saturated rings. The molecule has 0 bridgehead atoms. The van der Waals surface area contributed by atoms with Crippen LogP contribution < -0.4 is 11.1 Å². The molecule has 1 aliphatic heterocycles. The fraction of sp³-hybridized carbons (Fsp3) is 0.857. The summed E-state index contributed by atoms with van der Waals surface area (Å²) in [5.74, 6) is 0.689. The Balaban J connectivity index is 1.72. The molecule has 2 aliphatic rings. The Morgan fingerprint density at radius 2 is 1.95 bits per heavy atom. The second kappa shape index (κ2) is 6.92. The number of nitrogens with zero attached hydrogens (tertiary/aromatic N) is 1. The van der Waals surface area contributed by atoms with Gasteiger partial charge < -0.3 is 20.7 Å². The minimum Gasteiger partial charge on any atom is -0.453 e. The fourth-order valence-corrected chi connectivity index (χ4v) is 3.10. The number of rotatable bonds is 3. The van der Waals surface area contributed by atoms with E-state index in [2.05, 4.69) is 10.1 Å². The minimum atomic E-state index is -0.425. The van der Waals surface area contributed by atoms with E-state index in [1.165, 1.54) is 7.11 Å². The van der Waals surface area contributed by atoms with Crippen LogP contribution in [0.2, 0.25) is 0 Å². The number of ether oxygens (including phenoxy) is 1. The first-order valence-corrected chi connectivity index (χ1v) is 7.46. The van der Waals surface area contributed by atoms with Crippen molar-refractivity contribution in [3.05, 3.63) is 0 Å². The molecule has 20 heavy (non-hydrogen) atoms. The molecule has 0 radical (unpaired) electrons. The smallest absolute Gasteiger partial charge is 0.407 e. The van der Waals surface area contributed by atoms with E-state index < -0.39 is 6.09 Å². The van der Waals surface area contributed by atoms with Crippen LogP contribution in [0.25, 0.3) is 0 Å². The molecule has 1 saturated heterocycles. The molecule has 114 valence electrons. The Morgan fingerprint density at radius 1 is 1.25 bits per heavy atom. The molecule has 2 amide bonds. The van der Waals surface area contributed by atoms with Gasteiger partial charge in [0.25, 0.3) is 0 Å². The summed E-state index contributed by atoms with van der Waals surface area (Å²) in [6, 6.07) is 0.341. The third-order valence-corrected chi connectivity index (χ3v) is 4.40. The molecule has 6 heteroatoms. The van der Waals surface area contributed by atoms with Gasteiger partial charge in [0.15, 0.2) is 0 Å². The topological polar surface area (TPSA) is 84.7 Å². The minimum absolute atomic E-state index is 0.0196. The Kier molecular flexibility index (Phi) is 5.23. The van der Waals surface area contributed by atoms with Crippen LogP contribution in [0.1, 0.15) is 38.5 Å². The Labute approximate surface area is 120 Å². The van der Waals surface area contributed by atoms with Crippen molar-refractivity contribution in [2.45, 2.75) is 50.6 Å². The molecular weight excluding hydrogens is 258 g/mol. The summed E-state index contributed by atoms with van der Waals surface area (Å²) >= 11 is 0. The van der Waals surface area contributed by atoms with Crippen molar-refractivity contribution in [2.75, 3.05) is 20.2 Å². The lowest BCUT2D eigenvalue weighted by atomic mass is 9.84. The summed E-state index contributed by atoms with van der Waals surface area (Å²) < 4.78 is 4.57. The van der Waals surface area contributed by atoms with E-state index in [0.717, 1.165) is 38.6 Å². The number of nitrogens with two attached hydrogens (primary N) is 1. The van der Waals surface area contributed by atoms with Crippen molar-refractivity contribution in [2.24, 2.45) is 11.7 Å². The summed E-state index contributed by atoms with van der Waals surface area (Å²) in [5.41, 5.74) is 5.88. The number of amides is 2. The van der Waals surface area contributed by atoms with Crippen molar-refractivity contribution in [1.29, 1.82) is 0 Å². The van der Waals surface area contributed by atoms with Gasteiger partial charge in [-0.1, -0.05) is 0 Å². The zero-order chi connectivity index (χ0) is 14.5. The van der Waals surface area contributed by atoms with Gasteiger partial charge in [0.1, 0.15) is 0 Å². The summed E-state index contributed by atoms with van der Waals surface area (Å²) in [5, 5.41) is 2.75. The Bertz CT molecular complexity index is 354. The van der Waals surface area contributed by atoms with Crippen LogP contribution in [0.15, 0.2) is 0 Å². The molecule has 0 spiro atoms. The lowest BCUT2D eigenvalue weighted by Crippen LogP contribution is -2.39. The molecular formula is C14H25N3O3. The van der Waals surface area contributed by atoms with Crippen molar-refractivity contribution in [3.63, 3.8) is 0 Å².